The minimum atomic E-state index is -0.145. The fourth-order valence-corrected chi connectivity index (χ4v) is 1.80. The second kappa shape index (κ2) is 6.48. The predicted octanol–water partition coefficient (Wildman–Crippen LogP) is 3.44. The van der Waals surface area contributed by atoms with E-state index < -0.39 is 0 Å². The second-order valence-corrected chi connectivity index (χ2v) is 4.27. The average Bonchev–Trinajstić information content (AvgIpc) is 2.49. The second-order valence-electron chi connectivity index (χ2n) is 4.27. The van der Waals surface area contributed by atoms with E-state index in [2.05, 4.69) is 0 Å². The van der Waals surface area contributed by atoms with Crippen molar-refractivity contribution in [3.8, 4) is 0 Å². The third-order valence-electron chi connectivity index (χ3n) is 2.81. The van der Waals surface area contributed by atoms with Crippen LogP contribution in [0.3, 0.4) is 0 Å². The van der Waals surface area contributed by atoms with E-state index in [0.717, 1.165) is 5.69 Å². The van der Waals surface area contributed by atoms with Crippen LogP contribution in [0, 0.1) is 0 Å². The van der Waals surface area contributed by atoms with Gasteiger partial charge in [0.1, 0.15) is 0 Å². The summed E-state index contributed by atoms with van der Waals surface area (Å²) in [6.07, 6.45) is 2.91. The standard InChI is InChI=1S/C17H15NO2/c1-14(19)18(16-10-6-3-7-11-16)13-12-17(20)15-8-4-2-5-9-15/h2-13H,1H3. The summed E-state index contributed by atoms with van der Waals surface area (Å²) in [6, 6.07) is 18.2. The molecular formula is C17H15NO2. The van der Waals surface area contributed by atoms with Crippen molar-refractivity contribution >= 4 is 17.4 Å². The Morgan fingerprint density at radius 1 is 0.900 bits per heavy atom. The number of allylic oxidation sites excluding steroid dienone is 1. The number of amides is 1. The lowest BCUT2D eigenvalue weighted by Gasteiger charge is -2.15. The molecule has 0 aliphatic rings. The Morgan fingerprint density at radius 3 is 2.00 bits per heavy atom. The summed E-state index contributed by atoms with van der Waals surface area (Å²) in [7, 11) is 0. The van der Waals surface area contributed by atoms with Gasteiger partial charge in [-0.25, -0.2) is 0 Å². The summed E-state index contributed by atoms with van der Waals surface area (Å²) in [5, 5.41) is 0. The molecule has 0 spiro atoms. The van der Waals surface area contributed by atoms with Crippen molar-refractivity contribution in [3.63, 3.8) is 0 Å². The van der Waals surface area contributed by atoms with E-state index in [4.69, 9.17) is 0 Å². The van der Waals surface area contributed by atoms with Crippen LogP contribution in [-0.4, -0.2) is 11.7 Å². The van der Waals surface area contributed by atoms with Crippen molar-refractivity contribution in [1.82, 2.24) is 0 Å². The number of para-hydroxylation sites is 1. The molecule has 2 aromatic rings. The van der Waals surface area contributed by atoms with Gasteiger partial charge in [-0.3, -0.25) is 14.5 Å². The molecular weight excluding hydrogens is 250 g/mol. The monoisotopic (exact) mass is 265 g/mol. The van der Waals surface area contributed by atoms with Gasteiger partial charge >= 0.3 is 0 Å². The molecule has 0 aliphatic carbocycles. The molecule has 0 fully saturated rings. The number of carbonyl (C=O) groups excluding carboxylic acids is 2. The Morgan fingerprint density at radius 2 is 1.45 bits per heavy atom. The summed E-state index contributed by atoms with van der Waals surface area (Å²) in [6.45, 7) is 1.46. The van der Waals surface area contributed by atoms with Gasteiger partial charge in [0.15, 0.2) is 5.78 Å². The maximum Gasteiger partial charge on any atom is 0.227 e. The predicted molar refractivity (Wildman–Crippen MR) is 79.5 cm³/mol. The molecule has 0 unspecified atom stereocenters. The van der Waals surface area contributed by atoms with E-state index in [1.54, 1.807) is 24.3 Å². The quantitative estimate of drug-likeness (QED) is 0.627. The minimum Gasteiger partial charge on any atom is -0.289 e. The first-order valence-corrected chi connectivity index (χ1v) is 6.31. The molecule has 0 bridgehead atoms. The van der Waals surface area contributed by atoms with Gasteiger partial charge in [-0.1, -0.05) is 48.5 Å². The maximum atomic E-state index is 12.0. The molecule has 1 amide bonds. The summed E-state index contributed by atoms with van der Waals surface area (Å²) < 4.78 is 0. The van der Waals surface area contributed by atoms with Crippen LogP contribution in [0.2, 0.25) is 0 Å². The summed E-state index contributed by atoms with van der Waals surface area (Å²) in [4.78, 5) is 25.1. The lowest BCUT2D eigenvalue weighted by atomic mass is 10.1. The van der Waals surface area contributed by atoms with Crippen LogP contribution < -0.4 is 4.90 Å². The van der Waals surface area contributed by atoms with Gasteiger partial charge in [0.2, 0.25) is 5.91 Å². The van der Waals surface area contributed by atoms with Crippen LogP contribution in [-0.2, 0) is 4.79 Å². The normalized spacial score (nSPS) is 10.4. The van der Waals surface area contributed by atoms with E-state index in [9.17, 15) is 9.59 Å². The lowest BCUT2D eigenvalue weighted by molar-refractivity contribution is -0.115. The molecule has 0 radical (unpaired) electrons. The topological polar surface area (TPSA) is 37.4 Å². The fraction of sp³-hybridized carbons (Fsp3) is 0.0588. The van der Waals surface area contributed by atoms with Crippen LogP contribution in [0.5, 0.6) is 0 Å². The number of nitrogens with zero attached hydrogens (tertiary/aromatic N) is 1. The molecule has 2 rings (SSSR count). The summed E-state index contributed by atoms with van der Waals surface area (Å²) in [5.41, 5.74) is 1.33. The zero-order chi connectivity index (χ0) is 14.4. The Labute approximate surface area is 118 Å². The van der Waals surface area contributed by atoms with E-state index in [1.807, 2.05) is 36.4 Å². The van der Waals surface area contributed by atoms with Crippen molar-refractivity contribution in [3.05, 3.63) is 78.5 Å². The van der Waals surface area contributed by atoms with E-state index >= 15 is 0 Å². The molecule has 0 atom stereocenters. The smallest absolute Gasteiger partial charge is 0.227 e. The highest BCUT2D eigenvalue weighted by atomic mass is 16.2. The van der Waals surface area contributed by atoms with Gasteiger partial charge in [0.25, 0.3) is 0 Å². The molecule has 100 valence electrons. The van der Waals surface area contributed by atoms with E-state index in [0.29, 0.717) is 5.56 Å². The van der Waals surface area contributed by atoms with Crippen molar-refractivity contribution in [2.45, 2.75) is 6.92 Å². The molecule has 3 heteroatoms. The molecule has 0 heterocycles. The third kappa shape index (κ3) is 3.42. The van der Waals surface area contributed by atoms with E-state index in [-0.39, 0.29) is 11.7 Å². The average molecular weight is 265 g/mol. The van der Waals surface area contributed by atoms with Crippen molar-refractivity contribution in [2.75, 3.05) is 4.90 Å². The molecule has 2 aromatic carbocycles. The Balaban J connectivity index is 2.19. The van der Waals surface area contributed by atoms with Crippen molar-refractivity contribution < 1.29 is 9.59 Å². The number of ketones is 1. The van der Waals surface area contributed by atoms with Crippen LogP contribution in [0.1, 0.15) is 17.3 Å². The zero-order valence-corrected chi connectivity index (χ0v) is 11.2. The van der Waals surface area contributed by atoms with Gasteiger partial charge in [-0.2, -0.15) is 0 Å². The lowest BCUT2D eigenvalue weighted by Crippen LogP contribution is -2.22. The minimum absolute atomic E-state index is 0.132. The van der Waals surface area contributed by atoms with Crippen molar-refractivity contribution in [2.24, 2.45) is 0 Å². The van der Waals surface area contributed by atoms with Gasteiger partial charge < -0.3 is 0 Å². The van der Waals surface area contributed by atoms with Crippen molar-refractivity contribution in [1.29, 1.82) is 0 Å². The zero-order valence-electron chi connectivity index (χ0n) is 11.2. The van der Waals surface area contributed by atoms with Gasteiger partial charge in [-0.15, -0.1) is 0 Å². The van der Waals surface area contributed by atoms with Crippen LogP contribution in [0.25, 0.3) is 0 Å². The maximum absolute atomic E-state index is 12.0. The first-order valence-electron chi connectivity index (χ1n) is 6.31. The van der Waals surface area contributed by atoms with Gasteiger partial charge in [-0.05, 0) is 12.1 Å². The largest absolute Gasteiger partial charge is 0.289 e. The highest BCUT2D eigenvalue weighted by Gasteiger charge is 2.08. The van der Waals surface area contributed by atoms with Gasteiger partial charge in [0.05, 0.1) is 0 Å². The Hall–Kier alpha value is -2.68. The fourth-order valence-electron chi connectivity index (χ4n) is 1.80. The molecule has 0 saturated carbocycles. The first kappa shape index (κ1) is 13.7. The third-order valence-corrected chi connectivity index (χ3v) is 2.81. The molecule has 3 nitrogen and oxygen atoms in total. The number of hydrogen-bond donors (Lipinski definition) is 0. The molecule has 20 heavy (non-hydrogen) atoms. The van der Waals surface area contributed by atoms with Gasteiger partial charge in [0, 0.05) is 30.5 Å². The highest BCUT2D eigenvalue weighted by Crippen LogP contribution is 2.14. The first-order chi connectivity index (χ1) is 9.68. The van der Waals surface area contributed by atoms with E-state index in [1.165, 1.54) is 24.1 Å². The van der Waals surface area contributed by atoms with Crippen LogP contribution in [0.4, 0.5) is 5.69 Å². The number of anilines is 1. The Kier molecular flexibility index (Phi) is 4.45. The molecule has 0 aliphatic heterocycles. The Bertz CT molecular complexity index is 618. The molecule has 0 saturated heterocycles. The van der Waals surface area contributed by atoms with Crippen LogP contribution in [0.15, 0.2) is 72.9 Å². The highest BCUT2D eigenvalue weighted by molar-refractivity contribution is 6.05. The molecule has 0 aromatic heterocycles. The SMILES string of the molecule is CC(=O)N(C=CC(=O)c1ccccc1)c1ccccc1. The molecule has 0 N–H and O–H groups in total. The number of benzene rings is 2. The number of carbonyl (C=O) groups is 2. The summed E-state index contributed by atoms with van der Waals surface area (Å²) >= 11 is 0. The van der Waals surface area contributed by atoms with Crippen LogP contribution >= 0.6 is 0 Å². The number of hydrogen-bond acceptors (Lipinski definition) is 2. The summed E-state index contributed by atoms with van der Waals surface area (Å²) in [5.74, 6) is -0.277. The number of rotatable bonds is 4.